The highest BCUT2D eigenvalue weighted by Gasteiger charge is 2.15. The minimum absolute atomic E-state index is 0.107. The van der Waals surface area contributed by atoms with Crippen LogP contribution in [0.25, 0.3) is 28.0 Å². The SMILES string of the molecule is Cc1ccc(-c2c(C)[nH]n3c(=O)cc(-c4ccccc4C)nc23)cc1. The molecule has 0 aliphatic heterocycles. The highest BCUT2D eigenvalue weighted by molar-refractivity contribution is 5.81. The number of aromatic amines is 1. The predicted molar refractivity (Wildman–Crippen MR) is 101 cm³/mol. The van der Waals surface area contributed by atoms with E-state index in [2.05, 4.69) is 36.3 Å². The fraction of sp³-hybridized carbons (Fsp3) is 0.143. The molecule has 0 saturated heterocycles. The van der Waals surface area contributed by atoms with Crippen LogP contribution in [0, 0.1) is 20.8 Å². The number of rotatable bonds is 2. The molecule has 2 heterocycles. The number of aryl methyl sites for hydroxylation is 3. The van der Waals surface area contributed by atoms with E-state index in [1.807, 2.05) is 38.1 Å². The van der Waals surface area contributed by atoms with Crippen molar-refractivity contribution in [1.29, 1.82) is 0 Å². The number of H-pyrrole nitrogens is 1. The van der Waals surface area contributed by atoms with Crippen LogP contribution in [0.1, 0.15) is 16.8 Å². The fourth-order valence-corrected chi connectivity index (χ4v) is 3.21. The van der Waals surface area contributed by atoms with Crippen LogP contribution in [0.4, 0.5) is 0 Å². The molecule has 0 spiro atoms. The van der Waals surface area contributed by atoms with Gasteiger partial charge in [0.1, 0.15) is 0 Å². The average molecular weight is 329 g/mol. The van der Waals surface area contributed by atoms with E-state index in [1.165, 1.54) is 10.1 Å². The maximum absolute atomic E-state index is 12.6. The number of benzene rings is 2. The van der Waals surface area contributed by atoms with Crippen LogP contribution in [0.5, 0.6) is 0 Å². The van der Waals surface area contributed by atoms with Crippen molar-refractivity contribution in [3.8, 4) is 22.4 Å². The van der Waals surface area contributed by atoms with Crippen molar-refractivity contribution < 1.29 is 0 Å². The molecule has 0 amide bonds. The summed E-state index contributed by atoms with van der Waals surface area (Å²) in [6.07, 6.45) is 0. The molecular formula is C21H19N3O. The smallest absolute Gasteiger partial charge is 0.273 e. The molecule has 2 aromatic heterocycles. The van der Waals surface area contributed by atoms with Crippen molar-refractivity contribution in [2.24, 2.45) is 0 Å². The number of hydrogen-bond acceptors (Lipinski definition) is 2. The molecule has 0 atom stereocenters. The van der Waals surface area contributed by atoms with Crippen molar-refractivity contribution in [3.63, 3.8) is 0 Å². The minimum atomic E-state index is -0.107. The van der Waals surface area contributed by atoms with Gasteiger partial charge in [-0.3, -0.25) is 9.89 Å². The first-order valence-electron chi connectivity index (χ1n) is 8.30. The lowest BCUT2D eigenvalue weighted by atomic mass is 10.0. The van der Waals surface area contributed by atoms with Crippen LogP contribution >= 0.6 is 0 Å². The molecule has 4 nitrogen and oxygen atoms in total. The molecule has 4 rings (SSSR count). The highest BCUT2D eigenvalue weighted by atomic mass is 16.1. The quantitative estimate of drug-likeness (QED) is 0.597. The average Bonchev–Trinajstić information content (AvgIpc) is 2.93. The van der Waals surface area contributed by atoms with Crippen LogP contribution in [0.2, 0.25) is 0 Å². The fourth-order valence-electron chi connectivity index (χ4n) is 3.21. The second-order valence-electron chi connectivity index (χ2n) is 6.43. The maximum atomic E-state index is 12.6. The van der Waals surface area contributed by atoms with Gasteiger partial charge < -0.3 is 0 Å². The van der Waals surface area contributed by atoms with Gasteiger partial charge in [-0.25, -0.2) is 9.50 Å². The molecular weight excluding hydrogens is 310 g/mol. The van der Waals surface area contributed by atoms with Crippen molar-refractivity contribution in [3.05, 3.63) is 81.8 Å². The molecule has 1 N–H and O–H groups in total. The van der Waals surface area contributed by atoms with Crippen molar-refractivity contribution in [2.75, 3.05) is 0 Å². The molecule has 2 aromatic carbocycles. The van der Waals surface area contributed by atoms with Crippen LogP contribution < -0.4 is 5.56 Å². The Balaban J connectivity index is 2.02. The Labute approximate surface area is 145 Å². The molecule has 0 bridgehead atoms. The van der Waals surface area contributed by atoms with Crippen molar-refractivity contribution >= 4 is 5.65 Å². The third kappa shape index (κ3) is 2.56. The summed E-state index contributed by atoms with van der Waals surface area (Å²) in [4.78, 5) is 17.4. The summed E-state index contributed by atoms with van der Waals surface area (Å²) in [5.41, 5.74) is 7.48. The van der Waals surface area contributed by atoms with Crippen molar-refractivity contribution in [1.82, 2.24) is 14.6 Å². The van der Waals surface area contributed by atoms with Gasteiger partial charge in [-0.1, -0.05) is 54.1 Å². The van der Waals surface area contributed by atoms with Crippen LogP contribution in [0.15, 0.2) is 59.4 Å². The normalized spacial score (nSPS) is 11.2. The van der Waals surface area contributed by atoms with E-state index in [0.29, 0.717) is 11.3 Å². The van der Waals surface area contributed by atoms with Crippen molar-refractivity contribution in [2.45, 2.75) is 20.8 Å². The summed E-state index contributed by atoms with van der Waals surface area (Å²) in [5, 5.41) is 3.14. The van der Waals surface area contributed by atoms with Gasteiger partial charge in [0.05, 0.1) is 5.69 Å². The third-order valence-corrected chi connectivity index (χ3v) is 4.56. The molecule has 0 radical (unpaired) electrons. The first-order chi connectivity index (χ1) is 12.0. The Hall–Kier alpha value is -3.14. The molecule has 0 saturated carbocycles. The van der Waals surface area contributed by atoms with E-state index in [0.717, 1.165) is 27.9 Å². The van der Waals surface area contributed by atoms with Gasteiger partial charge >= 0.3 is 0 Å². The van der Waals surface area contributed by atoms with Crippen LogP contribution in [-0.4, -0.2) is 14.6 Å². The zero-order chi connectivity index (χ0) is 17.6. The van der Waals surface area contributed by atoms with Gasteiger partial charge in [0.2, 0.25) is 0 Å². The monoisotopic (exact) mass is 329 g/mol. The Morgan fingerprint density at radius 3 is 2.40 bits per heavy atom. The summed E-state index contributed by atoms with van der Waals surface area (Å²) >= 11 is 0. The number of fused-ring (bicyclic) bond motifs is 1. The number of nitrogens with zero attached hydrogens (tertiary/aromatic N) is 2. The molecule has 124 valence electrons. The number of aromatic nitrogens is 3. The summed E-state index contributed by atoms with van der Waals surface area (Å²) in [5.74, 6) is 0. The predicted octanol–water partition coefficient (Wildman–Crippen LogP) is 4.28. The van der Waals surface area contributed by atoms with Gasteiger partial charge in [0.25, 0.3) is 5.56 Å². The molecule has 0 fully saturated rings. The molecule has 4 aromatic rings. The second-order valence-corrected chi connectivity index (χ2v) is 6.43. The Kier molecular flexibility index (Phi) is 3.53. The summed E-state index contributed by atoms with van der Waals surface area (Å²) in [6.45, 7) is 6.06. The van der Waals surface area contributed by atoms with E-state index in [9.17, 15) is 4.79 Å². The first-order valence-corrected chi connectivity index (χ1v) is 8.30. The van der Waals surface area contributed by atoms with Gasteiger partial charge in [-0.15, -0.1) is 0 Å². The zero-order valence-corrected chi connectivity index (χ0v) is 14.5. The second kappa shape index (κ2) is 5.74. The lowest BCUT2D eigenvalue weighted by Gasteiger charge is -2.06. The number of nitrogens with one attached hydrogen (secondary N) is 1. The Morgan fingerprint density at radius 1 is 0.960 bits per heavy atom. The molecule has 0 unspecified atom stereocenters. The van der Waals surface area contributed by atoms with E-state index in [-0.39, 0.29) is 5.56 Å². The minimum Gasteiger partial charge on any atom is -0.293 e. The lowest BCUT2D eigenvalue weighted by Crippen LogP contribution is -2.14. The zero-order valence-electron chi connectivity index (χ0n) is 14.5. The third-order valence-electron chi connectivity index (χ3n) is 4.56. The Bertz CT molecular complexity index is 1130. The van der Waals surface area contributed by atoms with E-state index in [4.69, 9.17) is 4.98 Å². The van der Waals surface area contributed by atoms with Gasteiger partial charge in [0, 0.05) is 22.9 Å². The van der Waals surface area contributed by atoms with Crippen LogP contribution in [-0.2, 0) is 0 Å². The van der Waals surface area contributed by atoms with Gasteiger partial charge in [0.15, 0.2) is 5.65 Å². The highest BCUT2D eigenvalue weighted by Crippen LogP contribution is 2.28. The standard InChI is InChI=1S/C21H19N3O/c1-13-8-10-16(11-9-13)20-15(3)23-24-19(25)12-18(22-21(20)24)17-7-5-4-6-14(17)2/h4-12,23H,1-3H3. The molecule has 0 aliphatic carbocycles. The molecule has 4 heteroatoms. The van der Waals surface area contributed by atoms with E-state index < -0.39 is 0 Å². The van der Waals surface area contributed by atoms with Gasteiger partial charge in [-0.2, -0.15) is 0 Å². The van der Waals surface area contributed by atoms with E-state index >= 15 is 0 Å². The lowest BCUT2D eigenvalue weighted by molar-refractivity contribution is 0.882. The summed E-state index contributed by atoms with van der Waals surface area (Å²) < 4.78 is 1.52. The largest absolute Gasteiger partial charge is 0.293 e. The maximum Gasteiger partial charge on any atom is 0.273 e. The van der Waals surface area contributed by atoms with Crippen LogP contribution in [0.3, 0.4) is 0 Å². The summed E-state index contributed by atoms with van der Waals surface area (Å²) in [7, 11) is 0. The molecule has 25 heavy (non-hydrogen) atoms. The Morgan fingerprint density at radius 2 is 1.68 bits per heavy atom. The van der Waals surface area contributed by atoms with Gasteiger partial charge in [-0.05, 0) is 31.9 Å². The van der Waals surface area contributed by atoms with E-state index in [1.54, 1.807) is 6.07 Å². The topological polar surface area (TPSA) is 50.2 Å². The summed E-state index contributed by atoms with van der Waals surface area (Å²) in [6, 6.07) is 17.8. The number of hydrogen-bond donors (Lipinski definition) is 1. The molecule has 0 aliphatic rings. The first kappa shape index (κ1) is 15.4.